The molecule has 0 fully saturated rings. The van der Waals surface area contributed by atoms with Crippen molar-refractivity contribution in [1.29, 1.82) is 0 Å². The molecule has 1 rings (SSSR count). The number of aryl methyl sites for hydroxylation is 2. The molecule has 0 aliphatic rings. The van der Waals surface area contributed by atoms with E-state index in [1.807, 2.05) is 18.7 Å². The van der Waals surface area contributed by atoms with Crippen molar-refractivity contribution in [3.63, 3.8) is 0 Å². The first-order valence-corrected chi connectivity index (χ1v) is 5.87. The Labute approximate surface area is 98.0 Å². The maximum absolute atomic E-state index is 5.49. The van der Waals surface area contributed by atoms with Crippen molar-refractivity contribution in [3.8, 4) is 0 Å². The number of hydrogen-bond acceptors (Lipinski definition) is 3. The highest BCUT2D eigenvalue weighted by atomic mass is 16.5. The first kappa shape index (κ1) is 13.2. The van der Waals surface area contributed by atoms with Gasteiger partial charge in [-0.25, -0.2) is 0 Å². The Kier molecular flexibility index (Phi) is 5.49. The Bertz CT molecular complexity index is 307. The molecule has 0 amide bonds. The molecule has 0 aliphatic carbocycles. The Balaban J connectivity index is 2.09. The van der Waals surface area contributed by atoms with E-state index >= 15 is 0 Å². The zero-order valence-corrected chi connectivity index (χ0v) is 10.8. The van der Waals surface area contributed by atoms with Crippen LogP contribution in [0.1, 0.15) is 25.1 Å². The van der Waals surface area contributed by atoms with Crippen LogP contribution in [0.3, 0.4) is 0 Å². The summed E-state index contributed by atoms with van der Waals surface area (Å²) in [4.78, 5) is 0. The van der Waals surface area contributed by atoms with E-state index in [2.05, 4.69) is 30.5 Å². The third-order valence-corrected chi connectivity index (χ3v) is 2.30. The predicted molar refractivity (Wildman–Crippen MR) is 65.3 cm³/mol. The van der Waals surface area contributed by atoms with Gasteiger partial charge in [-0.2, -0.15) is 5.10 Å². The SMILES string of the molecule is Cc1nn(C)cc1CNCCOCC(C)C. The summed E-state index contributed by atoms with van der Waals surface area (Å²) in [7, 11) is 1.95. The molecule has 1 aromatic heterocycles. The maximum atomic E-state index is 5.49. The standard InChI is InChI=1S/C12H23N3O/c1-10(2)9-16-6-5-13-7-12-8-15(4)14-11(12)3/h8,10,13H,5-7,9H2,1-4H3. The van der Waals surface area contributed by atoms with Crippen LogP contribution in [0.25, 0.3) is 0 Å². The largest absolute Gasteiger partial charge is 0.380 e. The molecule has 4 heteroatoms. The van der Waals surface area contributed by atoms with Crippen LogP contribution < -0.4 is 5.32 Å². The van der Waals surface area contributed by atoms with Gasteiger partial charge in [0.15, 0.2) is 0 Å². The molecule has 16 heavy (non-hydrogen) atoms. The maximum Gasteiger partial charge on any atom is 0.0638 e. The Morgan fingerprint density at radius 2 is 2.25 bits per heavy atom. The average Bonchev–Trinajstić information content (AvgIpc) is 2.50. The van der Waals surface area contributed by atoms with E-state index in [9.17, 15) is 0 Å². The van der Waals surface area contributed by atoms with Gasteiger partial charge in [0, 0.05) is 38.5 Å². The smallest absolute Gasteiger partial charge is 0.0638 e. The van der Waals surface area contributed by atoms with Crippen molar-refractivity contribution < 1.29 is 4.74 Å². The molecule has 0 saturated carbocycles. The summed E-state index contributed by atoms with van der Waals surface area (Å²) in [6.07, 6.45) is 2.05. The highest BCUT2D eigenvalue weighted by molar-refractivity contribution is 5.14. The topological polar surface area (TPSA) is 39.1 Å². The fraction of sp³-hybridized carbons (Fsp3) is 0.750. The van der Waals surface area contributed by atoms with Gasteiger partial charge >= 0.3 is 0 Å². The molecule has 0 radical (unpaired) electrons. The van der Waals surface area contributed by atoms with E-state index in [1.165, 1.54) is 5.56 Å². The molecular weight excluding hydrogens is 202 g/mol. The normalized spacial score (nSPS) is 11.3. The number of nitrogens with one attached hydrogen (secondary N) is 1. The minimum atomic E-state index is 0.612. The second kappa shape index (κ2) is 6.66. The quantitative estimate of drug-likeness (QED) is 0.715. The molecule has 0 unspecified atom stereocenters. The molecule has 0 saturated heterocycles. The van der Waals surface area contributed by atoms with Crippen molar-refractivity contribution in [2.24, 2.45) is 13.0 Å². The second-order valence-electron chi connectivity index (χ2n) is 4.56. The highest BCUT2D eigenvalue weighted by Crippen LogP contribution is 2.03. The predicted octanol–water partition coefficient (Wildman–Crippen LogP) is 1.49. The molecule has 0 atom stereocenters. The Hall–Kier alpha value is -0.870. The Morgan fingerprint density at radius 1 is 1.50 bits per heavy atom. The molecule has 0 bridgehead atoms. The van der Waals surface area contributed by atoms with Crippen LogP contribution in [0, 0.1) is 12.8 Å². The highest BCUT2D eigenvalue weighted by Gasteiger charge is 2.01. The van der Waals surface area contributed by atoms with E-state index in [4.69, 9.17) is 4.74 Å². The number of rotatable bonds is 7. The zero-order valence-electron chi connectivity index (χ0n) is 10.8. The van der Waals surface area contributed by atoms with Crippen LogP contribution in [0.4, 0.5) is 0 Å². The van der Waals surface area contributed by atoms with E-state index in [1.54, 1.807) is 0 Å². The average molecular weight is 225 g/mol. The number of hydrogen-bond donors (Lipinski definition) is 1. The molecule has 1 aromatic rings. The monoisotopic (exact) mass is 225 g/mol. The summed E-state index contributed by atoms with van der Waals surface area (Å²) in [5.41, 5.74) is 2.35. The lowest BCUT2D eigenvalue weighted by Gasteiger charge is -2.07. The third kappa shape index (κ3) is 4.77. The van der Waals surface area contributed by atoms with Gasteiger partial charge in [-0.3, -0.25) is 4.68 Å². The summed E-state index contributed by atoms with van der Waals surface area (Å²) < 4.78 is 7.33. The Morgan fingerprint density at radius 3 is 2.81 bits per heavy atom. The van der Waals surface area contributed by atoms with Crippen LogP contribution in [0.2, 0.25) is 0 Å². The lowest BCUT2D eigenvalue weighted by molar-refractivity contribution is 0.111. The molecule has 0 aliphatic heterocycles. The van der Waals surface area contributed by atoms with Crippen LogP contribution in [0.5, 0.6) is 0 Å². The van der Waals surface area contributed by atoms with Crippen molar-refractivity contribution >= 4 is 0 Å². The van der Waals surface area contributed by atoms with E-state index < -0.39 is 0 Å². The molecule has 0 aromatic carbocycles. The molecular formula is C12H23N3O. The van der Waals surface area contributed by atoms with Gasteiger partial charge in [-0.1, -0.05) is 13.8 Å². The first-order valence-electron chi connectivity index (χ1n) is 5.87. The number of aromatic nitrogens is 2. The van der Waals surface area contributed by atoms with E-state index in [-0.39, 0.29) is 0 Å². The van der Waals surface area contributed by atoms with Gasteiger partial charge in [0.1, 0.15) is 0 Å². The van der Waals surface area contributed by atoms with Crippen molar-refractivity contribution in [3.05, 3.63) is 17.5 Å². The molecule has 1 heterocycles. The van der Waals surface area contributed by atoms with Crippen LogP contribution >= 0.6 is 0 Å². The van der Waals surface area contributed by atoms with Crippen molar-refractivity contribution in [2.45, 2.75) is 27.3 Å². The van der Waals surface area contributed by atoms with Gasteiger partial charge in [0.2, 0.25) is 0 Å². The zero-order chi connectivity index (χ0) is 12.0. The fourth-order valence-corrected chi connectivity index (χ4v) is 1.51. The summed E-state index contributed by atoms with van der Waals surface area (Å²) in [5, 5.41) is 7.65. The molecule has 4 nitrogen and oxygen atoms in total. The molecule has 92 valence electrons. The number of nitrogens with zero attached hydrogens (tertiary/aromatic N) is 2. The molecule has 1 N–H and O–H groups in total. The fourth-order valence-electron chi connectivity index (χ4n) is 1.51. The van der Waals surface area contributed by atoms with Crippen molar-refractivity contribution in [2.75, 3.05) is 19.8 Å². The van der Waals surface area contributed by atoms with Gasteiger partial charge in [0.25, 0.3) is 0 Å². The minimum Gasteiger partial charge on any atom is -0.380 e. The second-order valence-corrected chi connectivity index (χ2v) is 4.56. The lowest BCUT2D eigenvalue weighted by atomic mass is 10.2. The van der Waals surface area contributed by atoms with Crippen LogP contribution in [0.15, 0.2) is 6.20 Å². The van der Waals surface area contributed by atoms with E-state index in [0.29, 0.717) is 5.92 Å². The lowest BCUT2D eigenvalue weighted by Crippen LogP contribution is -2.20. The minimum absolute atomic E-state index is 0.612. The first-order chi connectivity index (χ1) is 7.59. The van der Waals surface area contributed by atoms with Crippen LogP contribution in [-0.2, 0) is 18.3 Å². The van der Waals surface area contributed by atoms with Crippen molar-refractivity contribution in [1.82, 2.24) is 15.1 Å². The van der Waals surface area contributed by atoms with E-state index in [0.717, 1.165) is 32.0 Å². The summed E-state index contributed by atoms with van der Waals surface area (Å²) in [6.45, 7) is 9.72. The van der Waals surface area contributed by atoms with Gasteiger partial charge in [-0.15, -0.1) is 0 Å². The summed E-state index contributed by atoms with van der Waals surface area (Å²) >= 11 is 0. The third-order valence-electron chi connectivity index (χ3n) is 2.30. The molecule has 0 spiro atoms. The van der Waals surface area contributed by atoms with Gasteiger partial charge in [0.05, 0.1) is 12.3 Å². The number of ether oxygens (including phenoxy) is 1. The van der Waals surface area contributed by atoms with Gasteiger partial charge in [-0.05, 0) is 12.8 Å². The van der Waals surface area contributed by atoms with Gasteiger partial charge < -0.3 is 10.1 Å². The van der Waals surface area contributed by atoms with Crippen LogP contribution in [-0.4, -0.2) is 29.5 Å². The summed E-state index contributed by atoms with van der Waals surface area (Å²) in [5.74, 6) is 0.612. The summed E-state index contributed by atoms with van der Waals surface area (Å²) in [6, 6.07) is 0.